The van der Waals surface area contributed by atoms with Crippen molar-refractivity contribution in [2.24, 2.45) is 0 Å². The van der Waals surface area contributed by atoms with Gasteiger partial charge in [-0.15, -0.1) is 11.3 Å². The standard InChI is InChI=1S/C24H35N7O2S/c1-9-31-18(16-12-25-21(34-16)23(2,3)4)28-17-19(26-14-27-20(17)31)29(8)15-10-11-30(13-15)22(32)33-24(5,6)7/h12,14-15H,9-11,13H2,1-8H3/t15-/m0/s1. The predicted octanol–water partition coefficient (Wildman–Crippen LogP) is 4.71. The minimum Gasteiger partial charge on any atom is -0.444 e. The molecule has 1 atom stereocenters. The van der Waals surface area contributed by atoms with Crippen molar-refractivity contribution in [2.45, 2.75) is 78.5 Å². The fraction of sp³-hybridized carbons (Fsp3) is 0.625. The zero-order valence-corrected chi connectivity index (χ0v) is 22.2. The van der Waals surface area contributed by atoms with E-state index in [2.05, 4.69) is 52.1 Å². The third kappa shape index (κ3) is 4.73. The maximum Gasteiger partial charge on any atom is 0.410 e. The highest BCUT2D eigenvalue weighted by molar-refractivity contribution is 7.15. The molecule has 1 fully saturated rings. The van der Waals surface area contributed by atoms with Crippen LogP contribution in [0.4, 0.5) is 10.6 Å². The Kier molecular flexibility index (Phi) is 6.30. The maximum absolute atomic E-state index is 12.5. The van der Waals surface area contributed by atoms with E-state index in [1.165, 1.54) is 0 Å². The monoisotopic (exact) mass is 485 g/mol. The molecule has 0 aromatic carbocycles. The summed E-state index contributed by atoms with van der Waals surface area (Å²) in [5, 5.41) is 1.08. The van der Waals surface area contributed by atoms with Crippen molar-refractivity contribution in [3.05, 3.63) is 17.5 Å². The number of anilines is 1. The van der Waals surface area contributed by atoms with E-state index in [0.29, 0.717) is 13.1 Å². The molecule has 0 aliphatic carbocycles. The molecule has 184 valence electrons. The van der Waals surface area contributed by atoms with Crippen LogP contribution >= 0.6 is 11.3 Å². The number of thiazole rings is 1. The Bertz CT molecular complexity index is 1190. The lowest BCUT2D eigenvalue weighted by atomic mass is 9.98. The molecule has 1 amide bonds. The summed E-state index contributed by atoms with van der Waals surface area (Å²) in [4.78, 5) is 36.3. The first-order valence-corrected chi connectivity index (χ1v) is 12.6. The van der Waals surface area contributed by atoms with Crippen LogP contribution in [0.3, 0.4) is 0 Å². The van der Waals surface area contributed by atoms with Crippen LogP contribution in [0.25, 0.3) is 21.9 Å². The number of hydrogen-bond donors (Lipinski definition) is 0. The summed E-state index contributed by atoms with van der Waals surface area (Å²) in [7, 11) is 2.01. The average molecular weight is 486 g/mol. The van der Waals surface area contributed by atoms with Gasteiger partial charge in [-0.25, -0.2) is 24.7 Å². The molecule has 3 aromatic rings. The van der Waals surface area contributed by atoms with Gasteiger partial charge < -0.3 is 19.1 Å². The summed E-state index contributed by atoms with van der Waals surface area (Å²) in [5.41, 5.74) is 1.05. The van der Waals surface area contributed by atoms with Crippen LogP contribution in [0.15, 0.2) is 12.5 Å². The van der Waals surface area contributed by atoms with Gasteiger partial charge in [-0.05, 0) is 34.1 Å². The first-order chi connectivity index (χ1) is 15.9. The molecule has 0 radical (unpaired) electrons. The van der Waals surface area contributed by atoms with Crippen LogP contribution in [0.1, 0.15) is 59.9 Å². The first-order valence-electron chi connectivity index (χ1n) is 11.8. The highest BCUT2D eigenvalue weighted by atomic mass is 32.1. The Balaban J connectivity index is 1.64. The number of carbonyl (C=O) groups excluding carboxylic acids is 1. The number of nitrogens with zero attached hydrogens (tertiary/aromatic N) is 7. The number of carbonyl (C=O) groups is 1. The molecule has 1 aliphatic rings. The van der Waals surface area contributed by atoms with E-state index in [4.69, 9.17) is 9.72 Å². The Hall–Kier alpha value is -2.75. The molecule has 4 rings (SSSR count). The summed E-state index contributed by atoms with van der Waals surface area (Å²) in [6.07, 6.45) is 4.07. The minimum absolute atomic E-state index is 0.0142. The number of likely N-dealkylation sites (N-methyl/N-ethyl adjacent to an activating group) is 1. The lowest BCUT2D eigenvalue weighted by Gasteiger charge is -2.27. The number of aryl methyl sites for hydroxylation is 1. The Morgan fingerprint density at radius 3 is 2.56 bits per heavy atom. The second-order valence-electron chi connectivity index (χ2n) is 10.8. The van der Waals surface area contributed by atoms with Gasteiger partial charge in [-0.2, -0.15) is 0 Å². The zero-order valence-electron chi connectivity index (χ0n) is 21.4. The molecular formula is C24H35N7O2S. The van der Waals surface area contributed by atoms with Crippen LogP contribution in [0.2, 0.25) is 0 Å². The Morgan fingerprint density at radius 1 is 1.21 bits per heavy atom. The smallest absolute Gasteiger partial charge is 0.410 e. The van der Waals surface area contributed by atoms with Gasteiger partial charge in [0.1, 0.15) is 11.9 Å². The number of amides is 1. The first kappa shape index (κ1) is 24.4. The van der Waals surface area contributed by atoms with Gasteiger partial charge in [0, 0.05) is 44.3 Å². The van der Waals surface area contributed by atoms with Crippen molar-refractivity contribution in [3.8, 4) is 10.7 Å². The molecule has 10 heteroatoms. The van der Waals surface area contributed by atoms with Gasteiger partial charge in [-0.1, -0.05) is 20.8 Å². The van der Waals surface area contributed by atoms with Crippen LogP contribution in [0, 0.1) is 0 Å². The van der Waals surface area contributed by atoms with E-state index < -0.39 is 5.60 Å². The van der Waals surface area contributed by atoms with Gasteiger partial charge in [-0.3, -0.25) is 0 Å². The number of rotatable bonds is 4. The summed E-state index contributed by atoms with van der Waals surface area (Å²) in [6, 6.07) is 0.122. The molecule has 0 saturated carbocycles. The van der Waals surface area contributed by atoms with Crippen LogP contribution < -0.4 is 4.90 Å². The highest BCUT2D eigenvalue weighted by Gasteiger charge is 2.33. The molecule has 4 heterocycles. The summed E-state index contributed by atoms with van der Waals surface area (Å²) >= 11 is 1.67. The third-order valence-corrected chi connectivity index (χ3v) is 7.31. The Morgan fingerprint density at radius 2 is 1.94 bits per heavy atom. The molecule has 9 nitrogen and oxygen atoms in total. The molecule has 0 bridgehead atoms. The van der Waals surface area contributed by atoms with Gasteiger partial charge in [0.25, 0.3) is 0 Å². The van der Waals surface area contributed by atoms with Crippen molar-refractivity contribution in [1.82, 2.24) is 29.4 Å². The van der Waals surface area contributed by atoms with Gasteiger partial charge in [0.15, 0.2) is 22.8 Å². The van der Waals surface area contributed by atoms with Gasteiger partial charge in [0.05, 0.1) is 9.88 Å². The molecule has 0 spiro atoms. The van der Waals surface area contributed by atoms with Crippen molar-refractivity contribution in [2.75, 3.05) is 25.0 Å². The van der Waals surface area contributed by atoms with Crippen molar-refractivity contribution in [3.63, 3.8) is 0 Å². The minimum atomic E-state index is -0.507. The SMILES string of the molecule is CCn1c(-c2cnc(C(C)(C)C)s2)nc2c(N(C)[C@H]3CCN(C(=O)OC(C)(C)C)C3)ncnc21. The molecule has 1 saturated heterocycles. The number of imidazole rings is 1. The van der Waals surface area contributed by atoms with Crippen molar-refractivity contribution < 1.29 is 9.53 Å². The highest BCUT2D eigenvalue weighted by Crippen LogP contribution is 2.35. The third-order valence-electron chi connectivity index (χ3n) is 5.89. The van der Waals surface area contributed by atoms with Gasteiger partial charge >= 0.3 is 6.09 Å². The van der Waals surface area contributed by atoms with E-state index in [1.807, 2.05) is 34.0 Å². The summed E-state index contributed by atoms with van der Waals surface area (Å²) < 4.78 is 7.68. The quantitative estimate of drug-likeness (QED) is 0.528. The molecule has 3 aromatic heterocycles. The predicted molar refractivity (Wildman–Crippen MR) is 135 cm³/mol. The summed E-state index contributed by atoms with van der Waals surface area (Å²) in [5.74, 6) is 1.64. The van der Waals surface area contributed by atoms with E-state index in [1.54, 1.807) is 22.6 Å². The average Bonchev–Trinajstić information content (AvgIpc) is 3.48. The zero-order chi connectivity index (χ0) is 24.8. The molecule has 0 N–H and O–H groups in total. The topological polar surface area (TPSA) is 89.3 Å². The van der Waals surface area contributed by atoms with E-state index in [0.717, 1.165) is 45.7 Å². The normalized spacial score (nSPS) is 16.9. The number of ether oxygens (including phenoxy) is 1. The lowest BCUT2D eigenvalue weighted by molar-refractivity contribution is 0.0292. The summed E-state index contributed by atoms with van der Waals surface area (Å²) in [6.45, 7) is 16.2. The van der Waals surface area contributed by atoms with Crippen LogP contribution in [0.5, 0.6) is 0 Å². The fourth-order valence-electron chi connectivity index (χ4n) is 4.12. The second kappa shape index (κ2) is 8.79. The van der Waals surface area contributed by atoms with Crippen LogP contribution in [-0.4, -0.2) is 67.3 Å². The number of aromatic nitrogens is 5. The van der Waals surface area contributed by atoms with E-state index in [9.17, 15) is 4.79 Å². The maximum atomic E-state index is 12.5. The molecule has 34 heavy (non-hydrogen) atoms. The lowest BCUT2D eigenvalue weighted by Crippen LogP contribution is -2.39. The second-order valence-corrected chi connectivity index (χ2v) is 11.8. The fourth-order valence-corrected chi connectivity index (χ4v) is 5.09. The van der Waals surface area contributed by atoms with Crippen LogP contribution in [-0.2, 0) is 16.7 Å². The molecule has 1 aliphatic heterocycles. The molecular weight excluding hydrogens is 450 g/mol. The number of likely N-dealkylation sites (tertiary alicyclic amines) is 1. The largest absolute Gasteiger partial charge is 0.444 e. The van der Waals surface area contributed by atoms with Crippen molar-refractivity contribution >= 4 is 34.4 Å². The van der Waals surface area contributed by atoms with E-state index >= 15 is 0 Å². The number of hydrogen-bond acceptors (Lipinski definition) is 8. The van der Waals surface area contributed by atoms with E-state index in [-0.39, 0.29) is 17.6 Å². The van der Waals surface area contributed by atoms with Crippen molar-refractivity contribution in [1.29, 1.82) is 0 Å². The Labute approximate surface area is 205 Å². The molecule has 0 unspecified atom stereocenters. The number of fused-ring (bicyclic) bond motifs is 1. The van der Waals surface area contributed by atoms with Gasteiger partial charge in [0.2, 0.25) is 0 Å².